The maximum atomic E-state index is 12.7. The third-order valence-electron chi connectivity index (χ3n) is 4.93. The molecule has 7 nitrogen and oxygen atoms in total. The molecule has 0 radical (unpaired) electrons. The molecule has 8 heteroatoms. The number of nitrogens with one attached hydrogen (secondary N) is 2. The van der Waals surface area contributed by atoms with Gasteiger partial charge in [-0.25, -0.2) is 9.69 Å². The molecule has 2 aromatic carbocycles. The number of carbonyl (C=O) groups is 3. The van der Waals surface area contributed by atoms with E-state index in [2.05, 4.69) is 10.6 Å². The highest BCUT2D eigenvalue weighted by atomic mass is 32.1. The molecule has 0 unspecified atom stereocenters. The van der Waals surface area contributed by atoms with E-state index in [1.54, 1.807) is 25.3 Å². The van der Waals surface area contributed by atoms with E-state index in [9.17, 15) is 14.4 Å². The van der Waals surface area contributed by atoms with Crippen molar-refractivity contribution in [1.29, 1.82) is 0 Å². The van der Waals surface area contributed by atoms with E-state index in [1.165, 1.54) is 11.3 Å². The molecule has 1 aliphatic rings. The molecule has 1 aromatic heterocycles. The molecule has 4 rings (SSSR count). The number of imide groups is 1. The monoisotopic (exact) mass is 447 g/mol. The van der Waals surface area contributed by atoms with Crippen molar-refractivity contribution in [2.75, 3.05) is 19.0 Å². The van der Waals surface area contributed by atoms with Crippen molar-refractivity contribution in [1.82, 2.24) is 10.2 Å². The average molecular weight is 448 g/mol. The predicted molar refractivity (Wildman–Crippen MR) is 124 cm³/mol. The zero-order chi connectivity index (χ0) is 22.7. The SMILES string of the molecule is COc1ccc(-c2csc(/C=C3\NC(=O)N(CC(=O)Nc4ccc(C)cc4)C3=O)c2)cc1. The third kappa shape index (κ3) is 4.70. The lowest BCUT2D eigenvalue weighted by Crippen LogP contribution is -2.38. The first kappa shape index (κ1) is 21.3. The van der Waals surface area contributed by atoms with E-state index < -0.39 is 17.8 Å². The summed E-state index contributed by atoms with van der Waals surface area (Å²) in [6.45, 7) is 1.58. The maximum Gasteiger partial charge on any atom is 0.329 e. The Balaban J connectivity index is 1.43. The van der Waals surface area contributed by atoms with Crippen LogP contribution in [0.3, 0.4) is 0 Å². The molecule has 1 fully saturated rings. The van der Waals surface area contributed by atoms with Crippen molar-refractivity contribution in [2.45, 2.75) is 6.92 Å². The molecule has 0 bridgehead atoms. The van der Waals surface area contributed by atoms with Gasteiger partial charge in [0.15, 0.2) is 0 Å². The topological polar surface area (TPSA) is 87.7 Å². The molecular formula is C24H21N3O4S. The van der Waals surface area contributed by atoms with E-state index in [4.69, 9.17) is 4.74 Å². The van der Waals surface area contributed by atoms with Gasteiger partial charge in [-0.3, -0.25) is 9.59 Å². The Labute approximate surface area is 189 Å². The quantitative estimate of drug-likeness (QED) is 0.437. The van der Waals surface area contributed by atoms with Crippen LogP contribution in [0.5, 0.6) is 5.75 Å². The summed E-state index contributed by atoms with van der Waals surface area (Å²) in [5.74, 6) is -0.206. The molecule has 32 heavy (non-hydrogen) atoms. The highest BCUT2D eigenvalue weighted by molar-refractivity contribution is 7.11. The minimum absolute atomic E-state index is 0.140. The lowest BCUT2D eigenvalue weighted by atomic mass is 10.1. The van der Waals surface area contributed by atoms with Crippen molar-refractivity contribution >= 4 is 40.9 Å². The number of thiophene rings is 1. The molecular weight excluding hydrogens is 426 g/mol. The Morgan fingerprint density at radius 3 is 2.50 bits per heavy atom. The molecule has 4 amide bonds. The van der Waals surface area contributed by atoms with Gasteiger partial charge < -0.3 is 15.4 Å². The number of benzene rings is 2. The second-order valence-electron chi connectivity index (χ2n) is 7.26. The fraction of sp³-hybridized carbons (Fsp3) is 0.125. The molecule has 1 aliphatic heterocycles. The molecule has 0 spiro atoms. The van der Waals surface area contributed by atoms with E-state index in [1.807, 2.05) is 54.8 Å². The molecule has 0 saturated carbocycles. The van der Waals surface area contributed by atoms with Gasteiger partial charge in [-0.2, -0.15) is 0 Å². The van der Waals surface area contributed by atoms with Crippen LogP contribution >= 0.6 is 11.3 Å². The molecule has 0 aliphatic carbocycles. The number of hydrogen-bond donors (Lipinski definition) is 2. The number of urea groups is 1. The summed E-state index contributed by atoms with van der Waals surface area (Å²) in [5, 5.41) is 7.22. The Hall–Kier alpha value is -3.91. The Morgan fingerprint density at radius 2 is 1.81 bits per heavy atom. The van der Waals surface area contributed by atoms with Crippen molar-refractivity contribution in [3.8, 4) is 16.9 Å². The van der Waals surface area contributed by atoms with Gasteiger partial charge in [0.2, 0.25) is 5.91 Å². The minimum atomic E-state index is -0.618. The summed E-state index contributed by atoms with van der Waals surface area (Å²) in [6, 6.07) is 16.2. The second-order valence-corrected chi connectivity index (χ2v) is 8.20. The number of carbonyl (C=O) groups excluding carboxylic acids is 3. The second kappa shape index (κ2) is 9.07. The highest BCUT2D eigenvalue weighted by Gasteiger charge is 2.35. The van der Waals surface area contributed by atoms with Crippen LogP contribution < -0.4 is 15.4 Å². The van der Waals surface area contributed by atoms with Crippen molar-refractivity contribution in [3.05, 3.63) is 76.1 Å². The number of hydrogen-bond acceptors (Lipinski definition) is 5. The Bertz CT molecular complexity index is 1200. The Morgan fingerprint density at radius 1 is 1.09 bits per heavy atom. The number of anilines is 1. The lowest BCUT2D eigenvalue weighted by molar-refractivity contribution is -0.127. The summed E-state index contributed by atoms with van der Waals surface area (Å²) in [6.07, 6.45) is 1.62. The number of amides is 4. The standard InChI is InChI=1S/C24H21N3O4S/c1-15-3-7-18(8-4-15)25-22(28)13-27-23(29)21(26-24(27)30)12-20-11-17(14-32-20)16-5-9-19(31-2)10-6-16/h3-12,14H,13H2,1-2H3,(H,25,28)(H,26,30)/b21-12-. The minimum Gasteiger partial charge on any atom is -0.497 e. The lowest BCUT2D eigenvalue weighted by Gasteiger charge is -2.12. The zero-order valence-electron chi connectivity index (χ0n) is 17.5. The molecule has 1 saturated heterocycles. The predicted octanol–water partition coefficient (Wildman–Crippen LogP) is 4.26. The number of rotatable bonds is 6. The first-order valence-corrected chi connectivity index (χ1v) is 10.7. The number of ether oxygens (including phenoxy) is 1. The Kier molecular flexibility index (Phi) is 6.04. The fourth-order valence-electron chi connectivity index (χ4n) is 3.20. The van der Waals surface area contributed by atoms with Crippen LogP contribution in [-0.2, 0) is 9.59 Å². The van der Waals surface area contributed by atoms with Gasteiger partial charge in [-0.15, -0.1) is 11.3 Å². The highest BCUT2D eigenvalue weighted by Crippen LogP contribution is 2.29. The summed E-state index contributed by atoms with van der Waals surface area (Å²) in [4.78, 5) is 39.0. The summed E-state index contributed by atoms with van der Waals surface area (Å²) < 4.78 is 5.18. The van der Waals surface area contributed by atoms with Crippen molar-refractivity contribution in [2.24, 2.45) is 0 Å². The number of methoxy groups -OCH3 is 1. The molecule has 0 atom stereocenters. The van der Waals surface area contributed by atoms with Gasteiger partial charge in [-0.1, -0.05) is 29.8 Å². The number of aryl methyl sites for hydroxylation is 1. The smallest absolute Gasteiger partial charge is 0.329 e. The third-order valence-corrected chi connectivity index (χ3v) is 5.81. The fourth-order valence-corrected chi connectivity index (χ4v) is 4.05. The van der Waals surface area contributed by atoms with Crippen molar-refractivity contribution < 1.29 is 19.1 Å². The van der Waals surface area contributed by atoms with Gasteiger partial charge in [-0.05, 0) is 59.8 Å². The van der Waals surface area contributed by atoms with Crippen LogP contribution in [0.15, 0.2) is 65.7 Å². The van der Waals surface area contributed by atoms with Crippen LogP contribution in [0, 0.1) is 6.92 Å². The van der Waals surface area contributed by atoms with E-state index in [0.29, 0.717) is 5.69 Å². The first-order chi connectivity index (χ1) is 15.4. The summed E-state index contributed by atoms with van der Waals surface area (Å²) in [5.41, 5.74) is 3.82. The van der Waals surface area contributed by atoms with Crippen LogP contribution in [0.2, 0.25) is 0 Å². The summed E-state index contributed by atoms with van der Waals surface area (Å²) >= 11 is 1.45. The zero-order valence-corrected chi connectivity index (χ0v) is 18.4. The van der Waals surface area contributed by atoms with E-state index >= 15 is 0 Å². The molecule has 3 aromatic rings. The molecule has 2 N–H and O–H groups in total. The van der Waals surface area contributed by atoms with Gasteiger partial charge >= 0.3 is 6.03 Å². The molecule has 2 heterocycles. The van der Waals surface area contributed by atoms with Gasteiger partial charge in [0.1, 0.15) is 18.0 Å². The summed E-state index contributed by atoms with van der Waals surface area (Å²) in [7, 11) is 1.62. The molecule has 162 valence electrons. The average Bonchev–Trinajstić information content (AvgIpc) is 3.36. The largest absolute Gasteiger partial charge is 0.497 e. The van der Waals surface area contributed by atoms with Crippen LogP contribution in [0.4, 0.5) is 10.5 Å². The van der Waals surface area contributed by atoms with Crippen LogP contribution in [0.25, 0.3) is 17.2 Å². The van der Waals surface area contributed by atoms with Crippen LogP contribution in [0.1, 0.15) is 10.4 Å². The van der Waals surface area contributed by atoms with E-state index in [0.717, 1.165) is 32.2 Å². The first-order valence-electron chi connectivity index (χ1n) is 9.87. The maximum absolute atomic E-state index is 12.7. The van der Waals surface area contributed by atoms with Gasteiger partial charge in [0.25, 0.3) is 5.91 Å². The van der Waals surface area contributed by atoms with Gasteiger partial charge in [0, 0.05) is 10.6 Å². The van der Waals surface area contributed by atoms with Crippen molar-refractivity contribution in [3.63, 3.8) is 0 Å². The normalized spacial score (nSPS) is 14.6. The van der Waals surface area contributed by atoms with Gasteiger partial charge in [0.05, 0.1) is 7.11 Å². The van der Waals surface area contributed by atoms with Crippen LogP contribution in [-0.4, -0.2) is 36.4 Å². The van der Waals surface area contributed by atoms with E-state index in [-0.39, 0.29) is 12.2 Å². The number of nitrogens with zero attached hydrogens (tertiary/aromatic N) is 1.